The van der Waals surface area contributed by atoms with Gasteiger partial charge in [0, 0.05) is 24.0 Å². The third kappa shape index (κ3) is 9.42. The number of thiazole rings is 1. The van der Waals surface area contributed by atoms with Crippen molar-refractivity contribution >= 4 is 47.2 Å². The Morgan fingerprint density at radius 1 is 1.13 bits per heavy atom. The van der Waals surface area contributed by atoms with Gasteiger partial charge in [-0.3, -0.25) is 4.79 Å². The molecule has 0 saturated carbocycles. The predicted molar refractivity (Wildman–Crippen MR) is 128 cm³/mol. The van der Waals surface area contributed by atoms with Crippen molar-refractivity contribution in [1.29, 1.82) is 0 Å². The van der Waals surface area contributed by atoms with Crippen molar-refractivity contribution in [2.24, 2.45) is 4.99 Å². The van der Waals surface area contributed by atoms with Crippen molar-refractivity contribution in [2.45, 2.75) is 46.0 Å². The van der Waals surface area contributed by atoms with E-state index in [0.717, 1.165) is 35.1 Å². The normalized spacial score (nSPS) is 11.6. The van der Waals surface area contributed by atoms with E-state index in [4.69, 9.17) is 0 Å². The molecule has 0 aliphatic heterocycles. The quantitative estimate of drug-likeness (QED) is 0.179. The number of carbonyl (C=O) groups is 1. The molecular formula is C20H27F3IN5OS. The minimum atomic E-state index is -4.44. The van der Waals surface area contributed by atoms with Crippen molar-refractivity contribution in [2.75, 3.05) is 13.1 Å². The van der Waals surface area contributed by atoms with E-state index >= 15 is 0 Å². The molecule has 2 rings (SSSR count). The van der Waals surface area contributed by atoms with Crippen LogP contribution < -0.4 is 16.0 Å². The first-order valence-electron chi connectivity index (χ1n) is 9.74. The number of amides is 1. The van der Waals surface area contributed by atoms with Gasteiger partial charge in [0.25, 0.3) is 5.91 Å². The lowest BCUT2D eigenvalue weighted by Gasteiger charge is -2.10. The number of alkyl halides is 3. The Kier molecular flexibility index (Phi) is 11.8. The Morgan fingerprint density at radius 3 is 2.42 bits per heavy atom. The average molecular weight is 569 g/mol. The smallest absolute Gasteiger partial charge is 0.357 e. The van der Waals surface area contributed by atoms with Crippen molar-refractivity contribution in [3.63, 3.8) is 0 Å². The molecule has 11 heteroatoms. The molecule has 0 unspecified atom stereocenters. The summed E-state index contributed by atoms with van der Waals surface area (Å²) >= 11 is 0.948. The fraction of sp³-hybridized carbons (Fsp3) is 0.450. The monoisotopic (exact) mass is 569 g/mol. The van der Waals surface area contributed by atoms with Gasteiger partial charge in [-0.05, 0) is 31.0 Å². The lowest BCUT2D eigenvalue weighted by molar-refractivity contribution is -0.140. The summed E-state index contributed by atoms with van der Waals surface area (Å²) in [6.07, 6.45) is -2.48. The number of carbonyl (C=O) groups excluding carboxylic acids is 1. The van der Waals surface area contributed by atoms with Gasteiger partial charge >= 0.3 is 6.18 Å². The average Bonchev–Trinajstić information content (AvgIpc) is 3.20. The van der Waals surface area contributed by atoms with Crippen LogP contribution in [0.1, 0.15) is 53.3 Å². The summed E-state index contributed by atoms with van der Waals surface area (Å²) in [6.45, 7) is 5.72. The molecule has 3 N–H and O–H groups in total. The van der Waals surface area contributed by atoms with Crippen molar-refractivity contribution in [3.8, 4) is 0 Å². The summed E-state index contributed by atoms with van der Waals surface area (Å²) in [5.41, 5.74) is 0.615. The second-order valence-electron chi connectivity index (χ2n) is 6.48. The van der Waals surface area contributed by atoms with Crippen LogP contribution in [0.15, 0.2) is 34.6 Å². The number of unbranched alkanes of at least 4 members (excludes halogenated alkanes) is 1. The van der Waals surface area contributed by atoms with Crippen LogP contribution in [-0.2, 0) is 19.3 Å². The Labute approximate surface area is 201 Å². The number of benzene rings is 1. The van der Waals surface area contributed by atoms with Gasteiger partial charge in [0.2, 0.25) is 0 Å². The second-order valence-corrected chi connectivity index (χ2v) is 7.42. The van der Waals surface area contributed by atoms with Crippen LogP contribution in [0.4, 0.5) is 13.2 Å². The molecule has 0 bridgehead atoms. The van der Waals surface area contributed by atoms with Crippen LogP contribution in [0.2, 0.25) is 0 Å². The van der Waals surface area contributed by atoms with Crippen molar-refractivity contribution < 1.29 is 18.0 Å². The number of hydrogen-bond donors (Lipinski definition) is 3. The van der Waals surface area contributed by atoms with Crippen molar-refractivity contribution in [3.05, 3.63) is 51.5 Å². The molecule has 0 radical (unpaired) electrons. The van der Waals surface area contributed by atoms with Gasteiger partial charge < -0.3 is 16.0 Å². The van der Waals surface area contributed by atoms with Gasteiger partial charge in [0.05, 0.1) is 13.1 Å². The van der Waals surface area contributed by atoms with E-state index in [-0.39, 0.29) is 36.4 Å². The van der Waals surface area contributed by atoms with Gasteiger partial charge in [0.15, 0.2) is 11.7 Å². The number of nitrogens with zero attached hydrogens (tertiary/aromatic N) is 2. The number of halogens is 4. The van der Waals surface area contributed by atoms with E-state index in [2.05, 4.69) is 32.9 Å². The first-order valence-corrected chi connectivity index (χ1v) is 10.6. The van der Waals surface area contributed by atoms with Crippen LogP contribution in [0.5, 0.6) is 0 Å². The number of guanidine groups is 1. The molecule has 31 heavy (non-hydrogen) atoms. The minimum absolute atomic E-state index is 0. The number of aliphatic imine (C=N–C) groups is 1. The second kappa shape index (κ2) is 13.5. The highest BCUT2D eigenvalue weighted by molar-refractivity contribution is 14.0. The summed E-state index contributed by atoms with van der Waals surface area (Å²) < 4.78 is 37.9. The molecule has 1 aromatic carbocycles. The molecule has 1 heterocycles. The van der Waals surface area contributed by atoms with E-state index in [1.807, 2.05) is 19.1 Å². The summed E-state index contributed by atoms with van der Waals surface area (Å²) in [4.78, 5) is 20.1. The van der Waals surface area contributed by atoms with Gasteiger partial charge in [-0.25, -0.2) is 9.98 Å². The summed E-state index contributed by atoms with van der Waals surface area (Å²) in [5, 5.41) is 10.2. The molecule has 0 spiro atoms. The van der Waals surface area contributed by atoms with Crippen LogP contribution >= 0.6 is 35.3 Å². The molecule has 0 atom stereocenters. The molecule has 0 saturated heterocycles. The van der Waals surface area contributed by atoms with Crippen LogP contribution in [0, 0.1) is 0 Å². The Hall–Kier alpha value is -1.89. The lowest BCUT2D eigenvalue weighted by Crippen LogP contribution is -2.36. The number of aromatic nitrogens is 1. The molecule has 1 aromatic heterocycles. The summed E-state index contributed by atoms with van der Waals surface area (Å²) in [5.74, 6) is 0.373. The molecular weight excluding hydrogens is 542 g/mol. The third-order valence-electron chi connectivity index (χ3n) is 4.05. The zero-order chi connectivity index (χ0) is 22.0. The zero-order valence-electron chi connectivity index (χ0n) is 17.4. The Balaban J connectivity index is 0.00000480. The number of hydrogen-bond acceptors (Lipinski definition) is 4. The predicted octanol–water partition coefficient (Wildman–Crippen LogP) is 4.57. The Bertz CT molecular complexity index is 840. The largest absolute Gasteiger partial charge is 0.434 e. The molecule has 0 aliphatic rings. The maximum atomic E-state index is 12.6. The molecule has 2 aromatic rings. The van der Waals surface area contributed by atoms with E-state index in [1.165, 1.54) is 0 Å². The van der Waals surface area contributed by atoms with E-state index in [1.54, 1.807) is 12.1 Å². The van der Waals surface area contributed by atoms with Crippen LogP contribution in [0.3, 0.4) is 0 Å². The summed E-state index contributed by atoms with van der Waals surface area (Å²) in [6, 6.07) is 7.16. The number of rotatable bonds is 9. The highest BCUT2D eigenvalue weighted by Gasteiger charge is 2.33. The standard InChI is InChI=1S/C20H26F3N5OS.HI/c1-3-5-10-25-18(29)15-8-6-14(7-9-15)11-26-19(24-4-2)27-12-17-28-16(13-30-17)20(21,22)23;/h6-9,13H,3-5,10-12H2,1-2H3,(H,25,29)(H2,24,26,27);1H. The molecule has 6 nitrogen and oxygen atoms in total. The van der Waals surface area contributed by atoms with Crippen molar-refractivity contribution in [1.82, 2.24) is 20.9 Å². The van der Waals surface area contributed by atoms with E-state index in [9.17, 15) is 18.0 Å². The maximum Gasteiger partial charge on any atom is 0.434 e. The topological polar surface area (TPSA) is 78.4 Å². The fourth-order valence-corrected chi connectivity index (χ4v) is 3.18. The van der Waals surface area contributed by atoms with Gasteiger partial charge in [-0.15, -0.1) is 35.3 Å². The first-order chi connectivity index (χ1) is 14.3. The molecule has 172 valence electrons. The van der Waals surface area contributed by atoms with Crippen LogP contribution in [-0.4, -0.2) is 29.9 Å². The van der Waals surface area contributed by atoms with E-state index < -0.39 is 11.9 Å². The Morgan fingerprint density at radius 2 is 1.84 bits per heavy atom. The van der Waals surface area contributed by atoms with Gasteiger partial charge in [-0.2, -0.15) is 13.2 Å². The highest BCUT2D eigenvalue weighted by atomic mass is 127. The summed E-state index contributed by atoms with van der Waals surface area (Å²) in [7, 11) is 0. The van der Waals surface area contributed by atoms with Crippen LogP contribution in [0.25, 0.3) is 0 Å². The van der Waals surface area contributed by atoms with Gasteiger partial charge in [-0.1, -0.05) is 25.5 Å². The van der Waals surface area contributed by atoms with Gasteiger partial charge in [0.1, 0.15) is 5.01 Å². The highest BCUT2D eigenvalue weighted by Crippen LogP contribution is 2.29. The SMILES string of the molecule is CCCCNC(=O)c1ccc(CN=C(NCC)NCc2nc(C(F)(F)F)cs2)cc1.I. The lowest BCUT2D eigenvalue weighted by atomic mass is 10.1. The number of nitrogens with one attached hydrogen (secondary N) is 3. The maximum absolute atomic E-state index is 12.6. The fourth-order valence-electron chi connectivity index (χ4n) is 2.44. The molecule has 0 aliphatic carbocycles. The first kappa shape index (κ1) is 27.1. The molecule has 1 amide bonds. The van der Waals surface area contributed by atoms with E-state index in [0.29, 0.717) is 36.2 Å². The third-order valence-corrected chi connectivity index (χ3v) is 4.89. The molecule has 0 fully saturated rings. The zero-order valence-corrected chi connectivity index (χ0v) is 20.5. The minimum Gasteiger partial charge on any atom is -0.357 e.